The number of ketones is 1. The third-order valence-corrected chi connectivity index (χ3v) is 3.74. The Morgan fingerprint density at radius 2 is 2.08 bits per heavy atom. The number of nitrogens with one attached hydrogen (secondary N) is 1. The van der Waals surface area contributed by atoms with Crippen molar-refractivity contribution >= 4 is 28.9 Å². The van der Waals surface area contributed by atoms with E-state index >= 15 is 0 Å². The Balaban J connectivity index is 2.07. The molecule has 3 rings (SSSR count). The molecule has 0 unspecified atom stereocenters. The van der Waals surface area contributed by atoms with E-state index < -0.39 is 5.91 Å². The van der Waals surface area contributed by atoms with E-state index in [9.17, 15) is 9.59 Å². The van der Waals surface area contributed by atoms with E-state index in [1.807, 2.05) is 19.1 Å². The molecule has 120 valence electrons. The second-order valence-electron chi connectivity index (χ2n) is 5.52. The Bertz CT molecular complexity index is 986. The van der Waals surface area contributed by atoms with E-state index in [-0.39, 0.29) is 5.78 Å². The van der Waals surface area contributed by atoms with Crippen molar-refractivity contribution in [1.29, 1.82) is 0 Å². The van der Waals surface area contributed by atoms with Gasteiger partial charge in [-0.05, 0) is 31.6 Å². The lowest BCUT2D eigenvalue weighted by Gasteiger charge is -2.06. The van der Waals surface area contributed by atoms with Gasteiger partial charge in [0.15, 0.2) is 11.4 Å². The summed E-state index contributed by atoms with van der Waals surface area (Å²) in [5, 5.41) is 0. The number of nitrogens with two attached hydrogens (primary N) is 1. The van der Waals surface area contributed by atoms with Crippen LogP contribution in [0.5, 0.6) is 0 Å². The second-order valence-corrected chi connectivity index (χ2v) is 5.52. The molecule has 0 spiro atoms. The maximum Gasteiger partial charge on any atom is 0.241 e. The Hall–Kier alpha value is -3.28. The largest absolute Gasteiger partial charge is 0.366 e. The minimum absolute atomic E-state index is 0.0325. The quantitative estimate of drug-likeness (QED) is 0.570. The van der Waals surface area contributed by atoms with Gasteiger partial charge in [-0.2, -0.15) is 0 Å². The number of hydrogen-bond donors (Lipinski definition) is 2. The smallest absolute Gasteiger partial charge is 0.241 e. The van der Waals surface area contributed by atoms with Crippen molar-refractivity contribution in [2.24, 2.45) is 5.73 Å². The van der Waals surface area contributed by atoms with Gasteiger partial charge in [-0.25, -0.2) is 9.97 Å². The van der Waals surface area contributed by atoms with Crippen LogP contribution in [0.2, 0.25) is 0 Å². The van der Waals surface area contributed by atoms with Gasteiger partial charge < -0.3 is 10.7 Å². The summed E-state index contributed by atoms with van der Waals surface area (Å²) in [5.74, 6) is -0.492. The summed E-state index contributed by atoms with van der Waals surface area (Å²) in [6.07, 6.45) is 6.27. The predicted octanol–water partition coefficient (Wildman–Crippen LogP) is 2.63. The van der Waals surface area contributed by atoms with Crippen LogP contribution in [0.1, 0.15) is 28.4 Å². The van der Waals surface area contributed by atoms with Crippen molar-refractivity contribution in [3.63, 3.8) is 0 Å². The normalized spacial score (nSPS) is 11.2. The summed E-state index contributed by atoms with van der Waals surface area (Å²) >= 11 is 0. The van der Waals surface area contributed by atoms with Crippen molar-refractivity contribution in [2.75, 3.05) is 0 Å². The number of aromatic nitrogens is 3. The van der Waals surface area contributed by atoms with Crippen LogP contribution in [0.25, 0.3) is 28.5 Å². The monoisotopic (exact) mass is 320 g/mol. The van der Waals surface area contributed by atoms with Crippen LogP contribution in [0, 0.1) is 6.92 Å². The van der Waals surface area contributed by atoms with Crippen molar-refractivity contribution in [3.8, 4) is 11.3 Å². The Morgan fingerprint density at radius 3 is 2.75 bits per heavy atom. The fourth-order valence-electron chi connectivity index (χ4n) is 2.57. The number of rotatable bonds is 4. The molecule has 0 saturated heterocycles. The molecule has 0 radical (unpaired) electrons. The van der Waals surface area contributed by atoms with E-state index in [1.165, 1.54) is 6.08 Å². The van der Waals surface area contributed by atoms with Crippen molar-refractivity contribution in [3.05, 3.63) is 53.4 Å². The molecule has 1 amide bonds. The fourth-order valence-corrected chi connectivity index (χ4v) is 2.57. The van der Waals surface area contributed by atoms with Gasteiger partial charge in [-0.15, -0.1) is 0 Å². The lowest BCUT2D eigenvalue weighted by Crippen LogP contribution is -2.05. The number of primary amides is 1. The van der Waals surface area contributed by atoms with Gasteiger partial charge in [0, 0.05) is 29.0 Å². The van der Waals surface area contributed by atoms with Gasteiger partial charge in [0.25, 0.3) is 0 Å². The Labute approximate surface area is 138 Å². The predicted molar refractivity (Wildman–Crippen MR) is 92.3 cm³/mol. The molecule has 0 aliphatic rings. The number of H-pyrrole nitrogens is 1. The summed E-state index contributed by atoms with van der Waals surface area (Å²) < 4.78 is 0. The molecule has 0 fully saturated rings. The number of amides is 1. The van der Waals surface area contributed by atoms with E-state index in [1.54, 1.807) is 31.5 Å². The summed E-state index contributed by atoms with van der Waals surface area (Å²) in [7, 11) is 0. The minimum Gasteiger partial charge on any atom is -0.366 e. The van der Waals surface area contributed by atoms with E-state index in [0.717, 1.165) is 16.7 Å². The zero-order chi connectivity index (χ0) is 17.3. The van der Waals surface area contributed by atoms with Gasteiger partial charge in [0.1, 0.15) is 5.52 Å². The maximum absolute atomic E-state index is 11.5. The molecular weight excluding hydrogens is 304 g/mol. The Morgan fingerprint density at radius 1 is 1.29 bits per heavy atom. The second kappa shape index (κ2) is 6.08. The lowest BCUT2D eigenvalue weighted by molar-refractivity contribution is -0.113. The van der Waals surface area contributed by atoms with E-state index in [4.69, 9.17) is 5.73 Å². The molecular formula is C18H16N4O2. The first-order valence-corrected chi connectivity index (χ1v) is 7.39. The number of Topliss-reactive ketones (excluding diaryl/α,β-unsaturated/α-hetero) is 1. The highest BCUT2D eigenvalue weighted by Gasteiger charge is 2.10. The minimum atomic E-state index is -0.524. The van der Waals surface area contributed by atoms with Gasteiger partial charge in [-0.1, -0.05) is 12.1 Å². The number of nitrogens with zero attached hydrogens (tertiary/aromatic N) is 2. The zero-order valence-corrected chi connectivity index (χ0v) is 13.3. The molecule has 6 heteroatoms. The number of benzene rings is 1. The molecule has 0 atom stereocenters. The number of aromatic amines is 1. The van der Waals surface area contributed by atoms with E-state index in [0.29, 0.717) is 22.4 Å². The van der Waals surface area contributed by atoms with Crippen LogP contribution in [0.4, 0.5) is 0 Å². The molecule has 6 nitrogen and oxygen atoms in total. The molecule has 3 aromatic rings. The average Bonchev–Trinajstić information content (AvgIpc) is 2.94. The van der Waals surface area contributed by atoms with Gasteiger partial charge in [0.2, 0.25) is 5.91 Å². The number of hydrogen-bond acceptors (Lipinski definition) is 4. The standard InChI is InChI=1S/C18H16N4O2/c1-10-7-12(3-5-14(10)11(2)23)15-9-21-18-17(22-15)13(8-20-18)4-6-16(19)24/h3-9H,1-2H3,(H2,19,24)(H,20,21). The first kappa shape index (κ1) is 15.6. The highest BCUT2D eigenvalue weighted by Crippen LogP contribution is 2.24. The summed E-state index contributed by atoms with van der Waals surface area (Å²) in [4.78, 5) is 34.4. The van der Waals surface area contributed by atoms with Gasteiger partial charge in [0.05, 0.1) is 11.9 Å². The van der Waals surface area contributed by atoms with Crippen LogP contribution in [0.3, 0.4) is 0 Å². The van der Waals surface area contributed by atoms with Crippen molar-refractivity contribution in [1.82, 2.24) is 15.0 Å². The molecule has 2 heterocycles. The number of carbonyl (C=O) groups excluding carboxylic acids is 2. The number of carbonyl (C=O) groups is 2. The summed E-state index contributed by atoms with van der Waals surface area (Å²) in [6.45, 7) is 3.44. The van der Waals surface area contributed by atoms with Crippen molar-refractivity contribution in [2.45, 2.75) is 13.8 Å². The number of fused-ring (bicyclic) bond motifs is 1. The van der Waals surface area contributed by atoms with Crippen molar-refractivity contribution < 1.29 is 9.59 Å². The lowest BCUT2D eigenvalue weighted by atomic mass is 10.0. The SMILES string of the molecule is CC(=O)c1ccc(-c2cnc3[nH]cc(C=CC(N)=O)c3n2)cc1C. The first-order chi connectivity index (χ1) is 11.5. The highest BCUT2D eigenvalue weighted by molar-refractivity contribution is 5.96. The third kappa shape index (κ3) is 2.94. The third-order valence-electron chi connectivity index (χ3n) is 3.74. The van der Waals surface area contributed by atoms with Crippen LogP contribution < -0.4 is 5.73 Å². The average molecular weight is 320 g/mol. The summed E-state index contributed by atoms with van der Waals surface area (Å²) in [6, 6.07) is 5.56. The molecule has 0 bridgehead atoms. The first-order valence-electron chi connectivity index (χ1n) is 7.39. The van der Waals surface area contributed by atoms with Crippen LogP contribution in [-0.4, -0.2) is 26.6 Å². The van der Waals surface area contributed by atoms with Crippen LogP contribution >= 0.6 is 0 Å². The van der Waals surface area contributed by atoms with E-state index in [2.05, 4.69) is 15.0 Å². The number of aryl methyl sites for hydroxylation is 1. The molecule has 0 aliphatic heterocycles. The molecule has 0 aliphatic carbocycles. The fraction of sp³-hybridized carbons (Fsp3) is 0.111. The maximum atomic E-state index is 11.5. The molecule has 0 saturated carbocycles. The molecule has 2 aromatic heterocycles. The molecule has 3 N–H and O–H groups in total. The van der Waals surface area contributed by atoms with Crippen LogP contribution in [0.15, 0.2) is 36.7 Å². The highest BCUT2D eigenvalue weighted by atomic mass is 16.1. The topological polar surface area (TPSA) is 102 Å². The van der Waals surface area contributed by atoms with Crippen LogP contribution in [-0.2, 0) is 4.79 Å². The molecule has 1 aromatic carbocycles. The Kier molecular flexibility index (Phi) is 3.95. The summed E-state index contributed by atoms with van der Waals surface area (Å²) in [5.41, 5.74) is 10.3. The van der Waals surface area contributed by atoms with Gasteiger partial charge in [-0.3, -0.25) is 9.59 Å². The zero-order valence-electron chi connectivity index (χ0n) is 13.3. The van der Waals surface area contributed by atoms with Gasteiger partial charge >= 0.3 is 0 Å². The molecule has 24 heavy (non-hydrogen) atoms.